The summed E-state index contributed by atoms with van der Waals surface area (Å²) in [4.78, 5) is 26.3. The number of nitrogens with zero attached hydrogens (tertiary/aromatic N) is 4. The standard InChI is InChI=1S/C26H21N5O2/c1-26(15-27)16-33-14-19-6-5-17(10-21(19)26)25(32)30-13-20-11-24-18(12-29-20)7-8-23(31-24)22-4-2-3-9-28-22/h2-12H,13-14,16H2,1H3,(H,30,32)/t26-/m1/s1. The van der Waals surface area contributed by atoms with Crippen LogP contribution in [0, 0.1) is 11.3 Å². The maximum atomic E-state index is 12.8. The van der Waals surface area contributed by atoms with Crippen molar-refractivity contribution in [2.45, 2.75) is 25.5 Å². The number of amides is 1. The van der Waals surface area contributed by atoms with Gasteiger partial charge in [-0.3, -0.25) is 14.8 Å². The van der Waals surface area contributed by atoms with E-state index in [4.69, 9.17) is 9.72 Å². The molecule has 7 nitrogen and oxygen atoms in total. The Morgan fingerprint density at radius 2 is 2.06 bits per heavy atom. The molecule has 0 bridgehead atoms. The van der Waals surface area contributed by atoms with Gasteiger partial charge in [-0.2, -0.15) is 5.26 Å². The van der Waals surface area contributed by atoms with Crippen LogP contribution < -0.4 is 5.32 Å². The Kier molecular flexibility index (Phi) is 5.29. The molecular formula is C26H21N5O2. The number of benzene rings is 1. The molecule has 0 unspecified atom stereocenters. The van der Waals surface area contributed by atoms with E-state index >= 15 is 0 Å². The molecule has 33 heavy (non-hydrogen) atoms. The molecular weight excluding hydrogens is 414 g/mol. The highest BCUT2D eigenvalue weighted by atomic mass is 16.5. The lowest BCUT2D eigenvalue weighted by Crippen LogP contribution is -2.33. The highest BCUT2D eigenvalue weighted by Gasteiger charge is 2.33. The number of fused-ring (bicyclic) bond motifs is 2. The minimum absolute atomic E-state index is 0.221. The van der Waals surface area contributed by atoms with E-state index < -0.39 is 5.41 Å². The lowest BCUT2D eigenvalue weighted by Gasteiger charge is -2.30. The van der Waals surface area contributed by atoms with Crippen LogP contribution in [0.3, 0.4) is 0 Å². The highest BCUT2D eigenvalue weighted by molar-refractivity contribution is 5.94. The van der Waals surface area contributed by atoms with E-state index in [9.17, 15) is 10.1 Å². The number of aromatic nitrogens is 3. The first-order valence-electron chi connectivity index (χ1n) is 10.6. The molecule has 0 spiro atoms. The summed E-state index contributed by atoms with van der Waals surface area (Å²) in [5.74, 6) is -0.221. The molecule has 0 aliphatic carbocycles. The van der Waals surface area contributed by atoms with Crippen molar-refractivity contribution in [3.63, 3.8) is 0 Å². The highest BCUT2D eigenvalue weighted by Crippen LogP contribution is 2.32. The van der Waals surface area contributed by atoms with E-state index in [1.54, 1.807) is 24.5 Å². The molecule has 0 fully saturated rings. The number of rotatable bonds is 4. The zero-order chi connectivity index (χ0) is 22.8. The van der Waals surface area contributed by atoms with Gasteiger partial charge < -0.3 is 10.1 Å². The topological polar surface area (TPSA) is 101 Å². The van der Waals surface area contributed by atoms with Crippen molar-refractivity contribution in [3.8, 4) is 17.5 Å². The Balaban J connectivity index is 1.35. The molecule has 1 atom stereocenters. The van der Waals surface area contributed by atoms with E-state index in [0.717, 1.165) is 33.4 Å². The Morgan fingerprint density at radius 1 is 1.15 bits per heavy atom. The number of nitrogens with one attached hydrogen (secondary N) is 1. The molecule has 1 N–H and O–H groups in total. The molecule has 0 saturated heterocycles. The lowest BCUT2D eigenvalue weighted by atomic mass is 9.79. The third-order valence-corrected chi connectivity index (χ3v) is 5.85. The largest absolute Gasteiger partial charge is 0.375 e. The molecule has 3 aromatic heterocycles. The Bertz CT molecular complexity index is 1400. The second-order valence-electron chi connectivity index (χ2n) is 8.27. The first-order valence-corrected chi connectivity index (χ1v) is 10.6. The van der Waals surface area contributed by atoms with Gasteiger partial charge in [0.05, 0.1) is 48.4 Å². The number of hydrogen-bond donors (Lipinski definition) is 1. The number of carbonyl (C=O) groups is 1. The fraction of sp³-hybridized carbons (Fsp3) is 0.192. The van der Waals surface area contributed by atoms with Gasteiger partial charge >= 0.3 is 0 Å². The number of carbonyl (C=O) groups excluding carboxylic acids is 1. The van der Waals surface area contributed by atoms with Crippen molar-refractivity contribution in [2.24, 2.45) is 0 Å². The normalized spacial score (nSPS) is 17.2. The summed E-state index contributed by atoms with van der Waals surface area (Å²) in [5, 5.41) is 13.4. The molecule has 0 radical (unpaired) electrons. The second-order valence-corrected chi connectivity index (χ2v) is 8.27. The predicted octanol–water partition coefficient (Wildman–Crippen LogP) is 3.93. The van der Waals surface area contributed by atoms with Crippen LogP contribution >= 0.6 is 0 Å². The van der Waals surface area contributed by atoms with Gasteiger partial charge in [0.1, 0.15) is 5.41 Å². The van der Waals surface area contributed by atoms with Gasteiger partial charge in [0.2, 0.25) is 0 Å². The molecule has 5 rings (SSSR count). The lowest BCUT2D eigenvalue weighted by molar-refractivity contribution is 0.0757. The van der Waals surface area contributed by atoms with Gasteiger partial charge in [-0.25, -0.2) is 4.98 Å². The summed E-state index contributed by atoms with van der Waals surface area (Å²) in [6.45, 7) is 2.86. The van der Waals surface area contributed by atoms with Gasteiger partial charge in [-0.05, 0) is 60.5 Å². The maximum absolute atomic E-state index is 12.8. The number of nitriles is 1. The SMILES string of the molecule is C[C@@]1(C#N)COCc2ccc(C(=O)NCc3cc4nc(-c5ccccn5)ccc4cn3)cc21. The Labute approximate surface area is 191 Å². The van der Waals surface area contributed by atoms with E-state index in [1.807, 2.05) is 49.4 Å². The van der Waals surface area contributed by atoms with Crippen LogP contribution in [0.2, 0.25) is 0 Å². The maximum Gasteiger partial charge on any atom is 0.251 e. The van der Waals surface area contributed by atoms with Crippen LogP contribution in [-0.4, -0.2) is 27.5 Å². The van der Waals surface area contributed by atoms with Crippen molar-refractivity contribution >= 4 is 16.8 Å². The predicted molar refractivity (Wildman–Crippen MR) is 123 cm³/mol. The number of ether oxygens (including phenoxy) is 1. The molecule has 7 heteroatoms. The quantitative estimate of drug-likeness (QED) is 0.521. The van der Waals surface area contributed by atoms with Crippen LogP contribution in [0.1, 0.15) is 34.1 Å². The fourth-order valence-electron chi connectivity index (χ4n) is 3.98. The van der Waals surface area contributed by atoms with E-state index in [1.165, 1.54) is 0 Å². The summed E-state index contributed by atoms with van der Waals surface area (Å²) in [5.41, 5.74) is 4.60. The van der Waals surface area contributed by atoms with Crippen molar-refractivity contribution in [2.75, 3.05) is 6.61 Å². The molecule has 162 valence electrons. The number of hydrogen-bond acceptors (Lipinski definition) is 6. The van der Waals surface area contributed by atoms with Gasteiger partial charge in [-0.1, -0.05) is 12.1 Å². The fourth-order valence-corrected chi connectivity index (χ4v) is 3.98. The molecule has 1 aromatic carbocycles. The van der Waals surface area contributed by atoms with Crippen molar-refractivity contribution in [3.05, 3.63) is 89.4 Å². The summed E-state index contributed by atoms with van der Waals surface area (Å²) in [6.07, 6.45) is 3.49. The zero-order valence-corrected chi connectivity index (χ0v) is 18.1. The molecule has 4 aromatic rings. The minimum Gasteiger partial charge on any atom is -0.375 e. The van der Waals surface area contributed by atoms with E-state index in [2.05, 4.69) is 21.4 Å². The molecule has 1 aliphatic heterocycles. The molecule has 1 aliphatic rings. The summed E-state index contributed by atoms with van der Waals surface area (Å²) < 4.78 is 5.54. The average Bonchev–Trinajstić information content (AvgIpc) is 2.87. The first kappa shape index (κ1) is 20.7. The average molecular weight is 435 g/mol. The van der Waals surface area contributed by atoms with Crippen LogP contribution in [0.15, 0.2) is 67.0 Å². The molecule has 0 saturated carbocycles. The van der Waals surface area contributed by atoms with Crippen molar-refractivity contribution < 1.29 is 9.53 Å². The second kappa shape index (κ2) is 8.41. The summed E-state index contributed by atoms with van der Waals surface area (Å²) >= 11 is 0. The first-order chi connectivity index (χ1) is 16.1. The smallest absolute Gasteiger partial charge is 0.251 e. The molecule has 1 amide bonds. The van der Waals surface area contributed by atoms with Gasteiger partial charge in [0.15, 0.2) is 0 Å². The van der Waals surface area contributed by atoms with Gasteiger partial charge in [-0.15, -0.1) is 0 Å². The summed E-state index contributed by atoms with van der Waals surface area (Å²) in [7, 11) is 0. The van der Waals surface area contributed by atoms with Gasteiger partial charge in [0.25, 0.3) is 5.91 Å². The Morgan fingerprint density at radius 3 is 2.88 bits per heavy atom. The van der Waals surface area contributed by atoms with Crippen molar-refractivity contribution in [1.82, 2.24) is 20.3 Å². The van der Waals surface area contributed by atoms with Crippen LogP contribution in [0.25, 0.3) is 22.3 Å². The van der Waals surface area contributed by atoms with Crippen LogP contribution in [0.5, 0.6) is 0 Å². The third-order valence-electron chi connectivity index (χ3n) is 5.85. The third kappa shape index (κ3) is 4.04. The van der Waals surface area contributed by atoms with E-state index in [0.29, 0.717) is 24.5 Å². The molecule has 4 heterocycles. The number of pyridine rings is 3. The minimum atomic E-state index is -0.763. The zero-order valence-electron chi connectivity index (χ0n) is 18.1. The van der Waals surface area contributed by atoms with Crippen LogP contribution in [-0.2, 0) is 23.3 Å². The Hall–Kier alpha value is -4.15. The van der Waals surface area contributed by atoms with E-state index in [-0.39, 0.29) is 12.5 Å². The van der Waals surface area contributed by atoms with Crippen LogP contribution in [0.4, 0.5) is 0 Å². The van der Waals surface area contributed by atoms with Crippen molar-refractivity contribution in [1.29, 1.82) is 5.26 Å². The van der Waals surface area contributed by atoms with Gasteiger partial charge in [0, 0.05) is 23.3 Å². The monoisotopic (exact) mass is 435 g/mol. The summed E-state index contributed by atoms with van der Waals surface area (Å²) in [6, 6.07) is 19.2.